The normalized spacial score (nSPS) is 11.7. The molecule has 11 heteroatoms. The fourth-order valence-electron chi connectivity index (χ4n) is 13.7. The molecule has 6 aromatic heterocycles. The van der Waals surface area contributed by atoms with E-state index in [9.17, 15) is 10.0 Å². The van der Waals surface area contributed by atoms with Crippen molar-refractivity contribution in [1.29, 1.82) is 0 Å². The molecule has 0 aliphatic carbocycles. The van der Waals surface area contributed by atoms with Crippen molar-refractivity contribution in [2.45, 2.75) is 7.43 Å². The Balaban J connectivity index is 0.000000152. The zero-order chi connectivity index (χ0) is 63.4. The van der Waals surface area contributed by atoms with Gasteiger partial charge in [-0.2, -0.15) is 0 Å². The van der Waals surface area contributed by atoms with E-state index >= 15 is 0 Å². The van der Waals surface area contributed by atoms with Crippen LogP contribution < -0.4 is 5.46 Å². The second-order valence-corrected chi connectivity index (χ2v) is 25.7. The molecule has 2 N–H and O–H groups in total. The number of halogens is 2. The number of benzene rings is 14. The molecule has 458 valence electrons. The Kier molecular flexibility index (Phi) is 14.5. The average molecular weight is 1370 g/mol. The van der Waals surface area contributed by atoms with E-state index in [0.29, 0.717) is 11.0 Å². The van der Waals surface area contributed by atoms with Crippen molar-refractivity contribution in [3.8, 4) is 55.6 Å². The molecule has 0 atom stereocenters. The van der Waals surface area contributed by atoms with E-state index in [1.807, 2.05) is 97.1 Å². The van der Waals surface area contributed by atoms with Gasteiger partial charge in [-0.25, -0.2) is 0 Å². The van der Waals surface area contributed by atoms with Crippen molar-refractivity contribution in [3.05, 3.63) is 294 Å². The van der Waals surface area contributed by atoms with E-state index in [0.717, 1.165) is 180 Å². The number of hydrogen-bond donors (Lipinski definition) is 2. The molecule has 0 bridgehead atoms. The molecule has 0 fully saturated rings. The molecule has 6 heterocycles. The average Bonchev–Trinajstić information content (AvgIpc) is 1.59. The van der Waals surface area contributed by atoms with Gasteiger partial charge in [-0.15, -0.1) is 0 Å². The summed E-state index contributed by atoms with van der Waals surface area (Å²) in [5.74, 6) is 0. The molecule has 20 aromatic rings. The molecule has 96 heavy (non-hydrogen) atoms. The Morgan fingerprint density at radius 2 is 0.438 bits per heavy atom. The highest BCUT2D eigenvalue weighted by Crippen LogP contribution is 2.46. The highest BCUT2D eigenvalue weighted by Gasteiger charge is 2.23. The molecule has 0 saturated heterocycles. The molecule has 0 amide bonds. The largest absolute Gasteiger partial charge is 0.488 e. The van der Waals surface area contributed by atoms with Gasteiger partial charge in [0.2, 0.25) is 0 Å². The fraction of sp³-hybridized carbons (Fsp3) is 0.0118. The van der Waals surface area contributed by atoms with Gasteiger partial charge in [0.15, 0.2) is 0 Å². The molecule has 0 spiro atoms. The summed E-state index contributed by atoms with van der Waals surface area (Å²) in [7, 11) is -1.53. The minimum Gasteiger partial charge on any atom is -0.456 e. The second-order valence-electron chi connectivity index (χ2n) is 23.9. The van der Waals surface area contributed by atoms with Crippen molar-refractivity contribution in [2.24, 2.45) is 0 Å². The molecule has 0 radical (unpaired) electrons. The third-order valence-corrected chi connectivity index (χ3v) is 19.1. The Hall–Kier alpha value is -11.2. The van der Waals surface area contributed by atoms with E-state index in [-0.39, 0.29) is 7.43 Å². The lowest BCUT2D eigenvalue weighted by molar-refractivity contribution is 0.426. The van der Waals surface area contributed by atoms with Crippen LogP contribution in [0.1, 0.15) is 7.43 Å². The first-order valence-electron chi connectivity index (χ1n) is 31.2. The summed E-state index contributed by atoms with van der Waals surface area (Å²) in [5.41, 5.74) is 21.6. The molecular weight excluding hydrogens is 1320 g/mol. The van der Waals surface area contributed by atoms with Gasteiger partial charge in [0.05, 0.1) is 0 Å². The first-order valence-corrected chi connectivity index (χ1v) is 32.8. The standard InChI is InChI=1S/C54H30O4.C24H15BO4.C6H4Br2.CH4/c1-3-8-31(9-4-1)35-14-18-43-39(27-35)51-47(55-43)22-24-49-53(51)41-29-37(16-20-45(41)57-49)33-12-7-13-34(26-33)38-17-21-46-42(30-38)54-50(58-46)25-23-48-52(54)40-28-36(15-19-44(40)56-48)32-10-5-2-6-11-32;26-25(27)16-7-9-20-18(13-16)24-22(29-20)11-10-21-23(24)17-12-15(6-8-19(17)28-21)14-4-2-1-3-5-14;7-5-2-1-3-6(8)4-5;/h1-30H;1-13,26-27H;1-4H;1H4. The maximum absolute atomic E-state index is 9.61. The van der Waals surface area contributed by atoms with E-state index in [2.05, 4.69) is 202 Å². The summed E-state index contributed by atoms with van der Waals surface area (Å²) in [5, 5.41) is 31.5. The van der Waals surface area contributed by atoms with Crippen molar-refractivity contribution >= 4 is 176 Å². The zero-order valence-electron chi connectivity index (χ0n) is 50.3. The molecular formula is C85H53BBr2O8. The lowest BCUT2D eigenvalue weighted by Crippen LogP contribution is -2.29. The summed E-state index contributed by atoms with van der Waals surface area (Å²) in [6.45, 7) is 0. The second kappa shape index (κ2) is 23.7. The number of hydrogen-bond acceptors (Lipinski definition) is 8. The van der Waals surface area contributed by atoms with Gasteiger partial charge in [-0.1, -0.05) is 197 Å². The third kappa shape index (κ3) is 10.1. The van der Waals surface area contributed by atoms with Crippen LogP contribution in [0.3, 0.4) is 0 Å². The molecule has 0 unspecified atom stereocenters. The van der Waals surface area contributed by atoms with Crippen LogP contribution in [0.4, 0.5) is 0 Å². The minimum atomic E-state index is -1.53. The maximum Gasteiger partial charge on any atom is 0.488 e. The lowest BCUT2D eigenvalue weighted by atomic mass is 9.80. The molecule has 20 rings (SSSR count). The van der Waals surface area contributed by atoms with Gasteiger partial charge in [0.25, 0.3) is 0 Å². The molecule has 8 nitrogen and oxygen atoms in total. The molecule has 0 aliphatic rings. The van der Waals surface area contributed by atoms with Gasteiger partial charge in [-0.3, -0.25) is 0 Å². The van der Waals surface area contributed by atoms with Crippen LogP contribution >= 0.6 is 31.9 Å². The fourth-order valence-corrected chi connectivity index (χ4v) is 14.8. The van der Waals surface area contributed by atoms with Gasteiger partial charge < -0.3 is 36.6 Å². The predicted octanol–water partition coefficient (Wildman–Crippen LogP) is 24.6. The number of rotatable bonds is 6. The minimum absolute atomic E-state index is 0. The molecule has 14 aromatic carbocycles. The summed E-state index contributed by atoms with van der Waals surface area (Å²) in [6.07, 6.45) is 0. The van der Waals surface area contributed by atoms with Crippen LogP contribution in [0, 0.1) is 0 Å². The highest BCUT2D eigenvalue weighted by atomic mass is 79.9. The van der Waals surface area contributed by atoms with Gasteiger partial charge in [-0.05, 0) is 188 Å². The monoisotopic (exact) mass is 1370 g/mol. The lowest BCUT2D eigenvalue weighted by Gasteiger charge is -2.07. The number of fused-ring (bicyclic) bond motifs is 21. The SMILES string of the molecule is Brc1cccc(Br)c1.C.OB(O)c1ccc2oc3ccc4oc5ccc(-c6ccccc6)cc5c4c3c2c1.c1ccc(-c2ccc3oc4ccc5oc6ccc(-c7cccc(-c8ccc9oc%10ccc%11oc%12ccc(-c%13ccccc%13)cc%12c%11c%10c9c8)c7)cc6c5c4c3c2)cc1. The smallest absolute Gasteiger partial charge is 0.456 e. The predicted molar refractivity (Wildman–Crippen MR) is 402 cm³/mol. The van der Waals surface area contributed by atoms with Crippen molar-refractivity contribution < 1.29 is 36.6 Å². The van der Waals surface area contributed by atoms with Crippen molar-refractivity contribution in [3.63, 3.8) is 0 Å². The Morgan fingerprint density at radius 1 is 0.208 bits per heavy atom. The first-order chi connectivity index (χ1) is 46.7. The Bertz CT molecular complexity index is 6150. The quantitative estimate of drug-likeness (QED) is 0.158. The highest BCUT2D eigenvalue weighted by molar-refractivity contribution is 9.11. The zero-order valence-corrected chi connectivity index (χ0v) is 53.5. The van der Waals surface area contributed by atoms with Crippen molar-refractivity contribution in [2.75, 3.05) is 0 Å². The van der Waals surface area contributed by atoms with E-state index < -0.39 is 7.12 Å². The van der Waals surface area contributed by atoms with E-state index in [4.69, 9.17) is 26.5 Å². The maximum atomic E-state index is 9.61. The Morgan fingerprint density at radius 3 is 0.708 bits per heavy atom. The van der Waals surface area contributed by atoms with Gasteiger partial charge in [0, 0.05) is 73.6 Å². The van der Waals surface area contributed by atoms with Gasteiger partial charge in [0.1, 0.15) is 67.0 Å². The summed E-state index contributed by atoms with van der Waals surface area (Å²) in [4.78, 5) is 0. The van der Waals surface area contributed by atoms with Crippen LogP contribution in [0.25, 0.3) is 187 Å². The van der Waals surface area contributed by atoms with Crippen LogP contribution in [-0.4, -0.2) is 17.2 Å². The van der Waals surface area contributed by atoms with Crippen LogP contribution in [0.15, 0.2) is 321 Å². The molecule has 0 saturated carbocycles. The Labute approximate surface area is 565 Å². The first kappa shape index (κ1) is 58.6. The van der Waals surface area contributed by atoms with E-state index in [1.165, 1.54) is 11.1 Å². The van der Waals surface area contributed by atoms with Gasteiger partial charge >= 0.3 is 7.12 Å². The van der Waals surface area contributed by atoms with Crippen LogP contribution in [0.5, 0.6) is 0 Å². The third-order valence-electron chi connectivity index (χ3n) is 18.2. The summed E-state index contributed by atoms with van der Waals surface area (Å²) < 4.78 is 40.1. The topological polar surface area (TPSA) is 119 Å². The van der Waals surface area contributed by atoms with Crippen LogP contribution in [-0.2, 0) is 0 Å². The number of furan rings is 6. The van der Waals surface area contributed by atoms with Crippen LogP contribution in [0.2, 0.25) is 0 Å². The summed E-state index contributed by atoms with van der Waals surface area (Å²) >= 11 is 6.66. The summed E-state index contributed by atoms with van der Waals surface area (Å²) in [6, 6.07) is 97.1. The van der Waals surface area contributed by atoms with E-state index in [1.54, 1.807) is 18.2 Å². The molecule has 0 aliphatic heterocycles. The van der Waals surface area contributed by atoms with Crippen molar-refractivity contribution in [1.82, 2.24) is 0 Å².